The Morgan fingerprint density at radius 2 is 2.07 bits per heavy atom. The molecular formula is C9H10ClN3S. The molecule has 0 spiro atoms. The lowest BCUT2D eigenvalue weighted by atomic mass is 10.1. The van der Waals surface area contributed by atoms with Crippen LogP contribution >= 0.6 is 23.8 Å². The fraction of sp³-hybridized carbons (Fsp3) is 0.111. The first kappa shape index (κ1) is 10.9. The van der Waals surface area contributed by atoms with Gasteiger partial charge in [-0.1, -0.05) is 30.3 Å². The second kappa shape index (κ2) is 5.57. The van der Waals surface area contributed by atoms with Crippen LogP contribution in [0.15, 0.2) is 35.4 Å². The van der Waals surface area contributed by atoms with Crippen molar-refractivity contribution in [2.45, 2.75) is 0 Å². The van der Waals surface area contributed by atoms with Crippen molar-refractivity contribution in [1.29, 1.82) is 0 Å². The van der Waals surface area contributed by atoms with E-state index >= 15 is 0 Å². The molecule has 3 N–H and O–H groups in total. The first-order valence-corrected chi connectivity index (χ1v) is 4.91. The highest BCUT2D eigenvalue weighted by atomic mass is 35.5. The number of alkyl halides is 1. The van der Waals surface area contributed by atoms with Crippen molar-refractivity contribution in [3.8, 4) is 0 Å². The molecule has 0 aliphatic rings. The Labute approximate surface area is 92.9 Å². The summed E-state index contributed by atoms with van der Waals surface area (Å²) in [6, 6.07) is 9.59. The van der Waals surface area contributed by atoms with Gasteiger partial charge in [0, 0.05) is 0 Å². The average Bonchev–Trinajstić information content (AvgIpc) is 2.20. The quantitative estimate of drug-likeness (QED) is 0.356. The predicted octanol–water partition coefficient (Wildman–Crippen LogP) is 1.46. The van der Waals surface area contributed by atoms with Gasteiger partial charge in [0.1, 0.15) is 0 Å². The van der Waals surface area contributed by atoms with E-state index in [2.05, 4.69) is 22.7 Å². The van der Waals surface area contributed by atoms with Gasteiger partial charge < -0.3 is 5.73 Å². The highest BCUT2D eigenvalue weighted by Gasteiger charge is 2.00. The fourth-order valence-corrected chi connectivity index (χ4v) is 1.18. The second-order valence-electron chi connectivity index (χ2n) is 2.53. The van der Waals surface area contributed by atoms with Crippen molar-refractivity contribution in [3.05, 3.63) is 35.9 Å². The summed E-state index contributed by atoms with van der Waals surface area (Å²) >= 11 is 10.4. The second-order valence-corrected chi connectivity index (χ2v) is 3.24. The van der Waals surface area contributed by atoms with Crippen molar-refractivity contribution >= 4 is 34.6 Å². The molecule has 0 saturated heterocycles. The Balaban J connectivity index is 2.82. The monoisotopic (exact) mass is 227 g/mol. The lowest BCUT2D eigenvalue weighted by Gasteiger charge is -2.02. The van der Waals surface area contributed by atoms with E-state index < -0.39 is 0 Å². The summed E-state index contributed by atoms with van der Waals surface area (Å²) < 4.78 is 0. The molecular weight excluding hydrogens is 218 g/mol. The molecule has 14 heavy (non-hydrogen) atoms. The number of hydrogen-bond donors (Lipinski definition) is 2. The Kier molecular flexibility index (Phi) is 4.35. The van der Waals surface area contributed by atoms with E-state index in [4.69, 9.17) is 17.3 Å². The van der Waals surface area contributed by atoms with Crippen LogP contribution in [0.1, 0.15) is 5.56 Å². The van der Waals surface area contributed by atoms with Gasteiger partial charge in [-0.3, -0.25) is 5.43 Å². The number of nitrogens with one attached hydrogen (secondary N) is 1. The topological polar surface area (TPSA) is 50.4 Å². The van der Waals surface area contributed by atoms with Gasteiger partial charge in [-0.15, -0.1) is 11.6 Å². The third-order valence-electron chi connectivity index (χ3n) is 1.53. The van der Waals surface area contributed by atoms with E-state index in [1.54, 1.807) is 0 Å². The molecule has 0 aliphatic heterocycles. The molecule has 1 rings (SSSR count). The maximum Gasteiger partial charge on any atom is 0.184 e. The lowest BCUT2D eigenvalue weighted by Crippen LogP contribution is -2.26. The van der Waals surface area contributed by atoms with Crippen LogP contribution in [0.25, 0.3) is 0 Å². The van der Waals surface area contributed by atoms with E-state index in [-0.39, 0.29) is 5.11 Å². The standard InChI is InChI=1S/C9H10ClN3S/c10-6-8(12-13-9(11)14)7-4-2-1-3-5-7/h1-5H,6H2,(H3,11,13,14). The minimum absolute atomic E-state index is 0.128. The van der Waals surface area contributed by atoms with Crippen LogP contribution in [0.4, 0.5) is 0 Å². The maximum absolute atomic E-state index is 5.73. The summed E-state index contributed by atoms with van der Waals surface area (Å²) in [5.41, 5.74) is 9.41. The van der Waals surface area contributed by atoms with E-state index in [0.717, 1.165) is 5.56 Å². The number of halogens is 1. The molecule has 0 atom stereocenters. The van der Waals surface area contributed by atoms with Gasteiger partial charge >= 0.3 is 0 Å². The molecule has 0 unspecified atom stereocenters. The lowest BCUT2D eigenvalue weighted by molar-refractivity contribution is 1.03. The summed E-state index contributed by atoms with van der Waals surface area (Å²) in [7, 11) is 0. The normalized spacial score (nSPS) is 11.1. The molecule has 0 heterocycles. The SMILES string of the molecule is NC(=S)NN=C(CCl)c1ccccc1. The molecule has 0 amide bonds. The van der Waals surface area contributed by atoms with Crippen LogP contribution < -0.4 is 11.2 Å². The van der Waals surface area contributed by atoms with Gasteiger partial charge in [-0.2, -0.15) is 5.10 Å². The number of benzene rings is 1. The Morgan fingerprint density at radius 3 is 2.57 bits per heavy atom. The summed E-state index contributed by atoms with van der Waals surface area (Å²) in [6.07, 6.45) is 0. The number of hydrazone groups is 1. The number of hydrogen-bond acceptors (Lipinski definition) is 2. The molecule has 1 aromatic carbocycles. The van der Waals surface area contributed by atoms with Crippen LogP contribution in [0.5, 0.6) is 0 Å². The Bertz CT molecular complexity index is 337. The van der Waals surface area contributed by atoms with Crippen molar-refractivity contribution < 1.29 is 0 Å². The van der Waals surface area contributed by atoms with E-state index in [1.165, 1.54) is 0 Å². The zero-order chi connectivity index (χ0) is 10.4. The van der Waals surface area contributed by atoms with Crippen LogP contribution in [-0.2, 0) is 0 Å². The van der Waals surface area contributed by atoms with Crippen LogP contribution in [0.3, 0.4) is 0 Å². The molecule has 0 saturated carbocycles. The molecule has 0 radical (unpaired) electrons. The summed E-state index contributed by atoms with van der Waals surface area (Å²) in [6.45, 7) is 0. The van der Waals surface area contributed by atoms with Crippen molar-refractivity contribution in [2.24, 2.45) is 10.8 Å². The Hall–Kier alpha value is -1.13. The summed E-state index contributed by atoms with van der Waals surface area (Å²) in [5, 5.41) is 4.11. The van der Waals surface area contributed by atoms with Gasteiger partial charge in [0.05, 0.1) is 11.6 Å². The highest BCUT2D eigenvalue weighted by molar-refractivity contribution is 7.80. The molecule has 0 aromatic heterocycles. The van der Waals surface area contributed by atoms with Crippen LogP contribution in [0.2, 0.25) is 0 Å². The largest absolute Gasteiger partial charge is 0.375 e. The number of rotatable bonds is 3. The van der Waals surface area contributed by atoms with Gasteiger partial charge in [0.25, 0.3) is 0 Å². The number of nitrogens with zero attached hydrogens (tertiary/aromatic N) is 1. The molecule has 5 heteroatoms. The number of thiocarbonyl (C=S) groups is 1. The molecule has 0 bridgehead atoms. The van der Waals surface area contributed by atoms with Crippen LogP contribution in [-0.4, -0.2) is 16.7 Å². The van der Waals surface area contributed by atoms with Gasteiger partial charge in [-0.25, -0.2) is 0 Å². The molecule has 1 aromatic rings. The third-order valence-corrected chi connectivity index (χ3v) is 1.88. The molecule has 74 valence electrons. The van der Waals surface area contributed by atoms with Crippen LogP contribution in [0, 0.1) is 0 Å². The maximum atomic E-state index is 5.73. The first-order chi connectivity index (χ1) is 6.74. The van der Waals surface area contributed by atoms with Gasteiger partial charge in [0.2, 0.25) is 0 Å². The third kappa shape index (κ3) is 3.32. The number of nitrogens with two attached hydrogens (primary N) is 1. The first-order valence-electron chi connectivity index (χ1n) is 3.97. The predicted molar refractivity (Wildman–Crippen MR) is 63.6 cm³/mol. The highest BCUT2D eigenvalue weighted by Crippen LogP contribution is 2.02. The van der Waals surface area contributed by atoms with Crippen molar-refractivity contribution in [2.75, 3.05) is 5.88 Å². The van der Waals surface area contributed by atoms with Gasteiger partial charge in [0.15, 0.2) is 5.11 Å². The fourth-order valence-electron chi connectivity index (χ4n) is 0.925. The molecule has 0 aliphatic carbocycles. The summed E-state index contributed by atoms with van der Waals surface area (Å²) in [4.78, 5) is 0. The van der Waals surface area contributed by atoms with Crippen molar-refractivity contribution in [3.63, 3.8) is 0 Å². The van der Waals surface area contributed by atoms with E-state index in [1.807, 2.05) is 30.3 Å². The zero-order valence-electron chi connectivity index (χ0n) is 7.40. The minimum atomic E-state index is 0.128. The zero-order valence-corrected chi connectivity index (χ0v) is 8.98. The Morgan fingerprint density at radius 1 is 1.43 bits per heavy atom. The smallest absolute Gasteiger partial charge is 0.184 e. The summed E-state index contributed by atoms with van der Waals surface area (Å²) in [5.74, 6) is 0.305. The van der Waals surface area contributed by atoms with Gasteiger partial charge in [-0.05, 0) is 17.8 Å². The average molecular weight is 228 g/mol. The van der Waals surface area contributed by atoms with E-state index in [0.29, 0.717) is 11.6 Å². The minimum Gasteiger partial charge on any atom is -0.375 e. The van der Waals surface area contributed by atoms with Crippen molar-refractivity contribution in [1.82, 2.24) is 5.43 Å². The molecule has 0 fully saturated rings. The van der Waals surface area contributed by atoms with E-state index in [9.17, 15) is 0 Å². The molecule has 3 nitrogen and oxygen atoms in total.